The molecule has 0 aliphatic heterocycles. The molecule has 1 unspecified atom stereocenters. The Kier molecular flexibility index (Phi) is 5.26. The van der Waals surface area contributed by atoms with Crippen LogP contribution >= 0.6 is 11.3 Å². The van der Waals surface area contributed by atoms with Crippen LogP contribution in [0.1, 0.15) is 39.5 Å². The van der Waals surface area contributed by atoms with Crippen molar-refractivity contribution in [3.8, 4) is 0 Å². The molecule has 2 aromatic heterocycles. The highest BCUT2D eigenvalue weighted by Crippen LogP contribution is 2.27. The number of thiophene rings is 1. The fourth-order valence-corrected chi connectivity index (χ4v) is 3.45. The largest absolute Gasteiger partial charge is 0.352 e. The molecule has 0 radical (unpaired) electrons. The minimum absolute atomic E-state index is 0.00979. The molecule has 0 bridgehead atoms. The van der Waals surface area contributed by atoms with Crippen LogP contribution in [0.3, 0.4) is 0 Å². The van der Waals surface area contributed by atoms with Gasteiger partial charge in [-0.05, 0) is 51.9 Å². The van der Waals surface area contributed by atoms with Gasteiger partial charge in [0.2, 0.25) is 5.95 Å². The lowest BCUT2D eigenvalue weighted by molar-refractivity contribution is 0.101. The lowest BCUT2D eigenvalue weighted by atomic mass is 10.1. The van der Waals surface area contributed by atoms with Crippen LogP contribution in [0.2, 0.25) is 0 Å². The van der Waals surface area contributed by atoms with E-state index in [4.69, 9.17) is 0 Å². The molecule has 0 aliphatic rings. The average molecular weight is 318 g/mol. The molecule has 0 aromatic carbocycles. The van der Waals surface area contributed by atoms with Crippen LogP contribution in [0, 0.1) is 13.8 Å². The van der Waals surface area contributed by atoms with Crippen LogP contribution in [-0.4, -0.2) is 41.3 Å². The Bertz CT molecular complexity index is 666. The molecule has 0 aliphatic carbocycles. The summed E-state index contributed by atoms with van der Waals surface area (Å²) in [6, 6.07) is 2.40. The number of hydrogen-bond donors (Lipinski definition) is 1. The first-order valence-electron chi connectivity index (χ1n) is 7.19. The Hall–Kier alpha value is -1.79. The van der Waals surface area contributed by atoms with Gasteiger partial charge in [-0.15, -0.1) is 11.3 Å². The third-order valence-corrected chi connectivity index (χ3v) is 4.76. The first kappa shape index (κ1) is 16.6. The minimum atomic E-state index is -0.00979. The number of carbonyl (C=O) groups excluding carboxylic acids is 1. The van der Waals surface area contributed by atoms with Crippen molar-refractivity contribution in [3.63, 3.8) is 0 Å². The van der Waals surface area contributed by atoms with Gasteiger partial charge in [0.15, 0.2) is 5.78 Å². The maximum absolute atomic E-state index is 11.4. The molecule has 22 heavy (non-hydrogen) atoms. The van der Waals surface area contributed by atoms with E-state index in [1.165, 1.54) is 17.4 Å². The number of ketones is 1. The number of carbonyl (C=O) groups is 1. The van der Waals surface area contributed by atoms with E-state index in [2.05, 4.69) is 52.7 Å². The molecular formula is C16H22N4OS. The van der Waals surface area contributed by atoms with E-state index < -0.39 is 0 Å². The summed E-state index contributed by atoms with van der Waals surface area (Å²) < 4.78 is 0. The second-order valence-electron chi connectivity index (χ2n) is 5.58. The van der Waals surface area contributed by atoms with E-state index in [-0.39, 0.29) is 11.8 Å². The molecule has 1 atom stereocenters. The lowest BCUT2D eigenvalue weighted by Gasteiger charge is -2.24. The quantitative estimate of drug-likeness (QED) is 0.830. The number of anilines is 1. The van der Waals surface area contributed by atoms with E-state index in [9.17, 15) is 4.79 Å². The Morgan fingerprint density at radius 3 is 2.64 bits per heavy atom. The van der Waals surface area contributed by atoms with Gasteiger partial charge in [-0.3, -0.25) is 4.79 Å². The molecule has 0 amide bonds. The molecule has 118 valence electrons. The topological polar surface area (TPSA) is 58.1 Å². The zero-order valence-corrected chi connectivity index (χ0v) is 14.5. The van der Waals surface area contributed by atoms with Gasteiger partial charge < -0.3 is 10.2 Å². The van der Waals surface area contributed by atoms with Crippen molar-refractivity contribution in [1.29, 1.82) is 0 Å². The van der Waals surface area contributed by atoms with Crippen molar-refractivity contribution in [3.05, 3.63) is 39.3 Å². The number of nitrogens with one attached hydrogen (secondary N) is 1. The standard InChI is InChI=1S/C16H22N4OS/c1-10-6-7-22-15(10)14(20(4)5)9-18-16-17-8-13(12(3)21)11(2)19-16/h6-8,14H,9H2,1-5H3,(H,17,18,19). The summed E-state index contributed by atoms with van der Waals surface area (Å²) in [4.78, 5) is 23.6. The lowest BCUT2D eigenvalue weighted by Crippen LogP contribution is -2.27. The third-order valence-electron chi connectivity index (χ3n) is 3.64. The van der Waals surface area contributed by atoms with Gasteiger partial charge in [-0.25, -0.2) is 9.97 Å². The number of hydrogen-bond acceptors (Lipinski definition) is 6. The zero-order valence-electron chi connectivity index (χ0n) is 13.7. The molecule has 0 saturated heterocycles. The monoisotopic (exact) mass is 318 g/mol. The van der Waals surface area contributed by atoms with Crippen molar-refractivity contribution in [1.82, 2.24) is 14.9 Å². The van der Waals surface area contributed by atoms with Crippen molar-refractivity contribution in [2.45, 2.75) is 26.8 Å². The predicted molar refractivity (Wildman–Crippen MR) is 90.7 cm³/mol. The number of Topliss-reactive ketones (excluding diaryl/α,β-unsaturated/α-hetero) is 1. The minimum Gasteiger partial charge on any atom is -0.352 e. The third kappa shape index (κ3) is 3.69. The van der Waals surface area contributed by atoms with Gasteiger partial charge >= 0.3 is 0 Å². The van der Waals surface area contributed by atoms with Crippen LogP contribution in [-0.2, 0) is 0 Å². The fraction of sp³-hybridized carbons (Fsp3) is 0.438. The molecule has 0 fully saturated rings. The molecule has 6 heteroatoms. The molecular weight excluding hydrogens is 296 g/mol. The SMILES string of the molecule is CC(=O)c1cnc(NCC(c2sccc2C)N(C)C)nc1C. The Morgan fingerprint density at radius 2 is 2.14 bits per heavy atom. The summed E-state index contributed by atoms with van der Waals surface area (Å²) in [5, 5.41) is 5.39. The van der Waals surface area contributed by atoms with Crippen LogP contribution in [0.25, 0.3) is 0 Å². The Morgan fingerprint density at radius 1 is 1.41 bits per heavy atom. The summed E-state index contributed by atoms with van der Waals surface area (Å²) >= 11 is 1.76. The first-order chi connectivity index (χ1) is 10.4. The number of rotatable bonds is 6. The van der Waals surface area contributed by atoms with Crippen LogP contribution in [0.5, 0.6) is 0 Å². The van der Waals surface area contributed by atoms with E-state index in [0.717, 1.165) is 0 Å². The zero-order chi connectivity index (χ0) is 16.3. The summed E-state index contributed by atoms with van der Waals surface area (Å²) in [5.74, 6) is 0.549. The molecule has 5 nitrogen and oxygen atoms in total. The molecule has 1 N–H and O–H groups in total. The molecule has 2 heterocycles. The van der Waals surface area contributed by atoms with Crippen LogP contribution in [0.4, 0.5) is 5.95 Å². The summed E-state index contributed by atoms with van der Waals surface area (Å²) in [7, 11) is 4.13. The van der Waals surface area contributed by atoms with Crippen molar-refractivity contribution >= 4 is 23.1 Å². The average Bonchev–Trinajstić information content (AvgIpc) is 2.84. The van der Waals surface area contributed by atoms with Crippen molar-refractivity contribution in [2.24, 2.45) is 0 Å². The Labute approximate surface area is 135 Å². The molecule has 0 saturated carbocycles. The van der Waals surface area contributed by atoms with E-state index >= 15 is 0 Å². The van der Waals surface area contributed by atoms with Crippen LogP contribution in [0.15, 0.2) is 17.6 Å². The van der Waals surface area contributed by atoms with E-state index in [1.807, 2.05) is 6.92 Å². The van der Waals surface area contributed by atoms with Gasteiger partial charge in [0.25, 0.3) is 0 Å². The van der Waals surface area contributed by atoms with E-state index in [0.29, 0.717) is 23.8 Å². The number of likely N-dealkylation sites (N-methyl/N-ethyl adjacent to an activating group) is 1. The maximum atomic E-state index is 11.4. The maximum Gasteiger partial charge on any atom is 0.222 e. The highest BCUT2D eigenvalue weighted by molar-refractivity contribution is 7.10. The summed E-state index contributed by atoms with van der Waals surface area (Å²) in [5.41, 5.74) is 2.58. The van der Waals surface area contributed by atoms with Gasteiger partial charge in [-0.1, -0.05) is 0 Å². The first-order valence-corrected chi connectivity index (χ1v) is 8.07. The fourth-order valence-electron chi connectivity index (χ4n) is 2.32. The highest BCUT2D eigenvalue weighted by Gasteiger charge is 2.18. The normalized spacial score (nSPS) is 12.5. The van der Waals surface area contributed by atoms with Crippen LogP contribution < -0.4 is 5.32 Å². The van der Waals surface area contributed by atoms with Gasteiger partial charge in [0.1, 0.15) is 0 Å². The predicted octanol–water partition coefficient (Wildman–Crippen LogP) is 3.07. The summed E-state index contributed by atoms with van der Waals surface area (Å²) in [6.07, 6.45) is 1.59. The number of nitrogens with zero attached hydrogens (tertiary/aromatic N) is 3. The van der Waals surface area contributed by atoms with Gasteiger partial charge in [0.05, 0.1) is 17.3 Å². The molecule has 2 rings (SSSR count). The summed E-state index contributed by atoms with van der Waals surface area (Å²) in [6.45, 7) is 6.20. The van der Waals surface area contributed by atoms with Crippen molar-refractivity contribution < 1.29 is 4.79 Å². The smallest absolute Gasteiger partial charge is 0.222 e. The molecule has 2 aromatic rings. The van der Waals surface area contributed by atoms with Gasteiger partial charge in [-0.2, -0.15) is 0 Å². The second-order valence-corrected chi connectivity index (χ2v) is 6.52. The van der Waals surface area contributed by atoms with E-state index in [1.54, 1.807) is 17.5 Å². The number of aromatic nitrogens is 2. The number of aryl methyl sites for hydroxylation is 2. The Balaban J connectivity index is 2.12. The molecule has 0 spiro atoms. The highest BCUT2D eigenvalue weighted by atomic mass is 32.1. The van der Waals surface area contributed by atoms with Crippen molar-refractivity contribution in [2.75, 3.05) is 26.0 Å². The van der Waals surface area contributed by atoms with Gasteiger partial charge in [0, 0.05) is 17.6 Å². The second kappa shape index (κ2) is 6.98.